The summed E-state index contributed by atoms with van der Waals surface area (Å²) in [6, 6.07) is 12.1. The van der Waals surface area contributed by atoms with Crippen LogP contribution in [-0.2, 0) is 19.7 Å². The Morgan fingerprint density at radius 3 is 2.48 bits per heavy atom. The molecule has 6 heteroatoms. The van der Waals surface area contributed by atoms with E-state index in [-0.39, 0.29) is 0 Å². The van der Waals surface area contributed by atoms with Gasteiger partial charge in [-0.15, -0.1) is 0 Å². The topological polar surface area (TPSA) is 54.1 Å². The molecule has 0 N–H and O–H groups in total. The number of hydrogen-bond donors (Lipinski definition) is 0. The number of hydrogen-bond acceptors (Lipinski definition) is 4. The Morgan fingerprint density at radius 2 is 1.59 bits per heavy atom. The minimum Gasteiger partial charge on any atom is -0.472 e. The zero-order valence-electron chi connectivity index (χ0n) is 14.5. The molecule has 0 spiro atoms. The molecule has 4 heterocycles. The summed E-state index contributed by atoms with van der Waals surface area (Å²) < 4.78 is 16.1. The number of ether oxygens (including phenoxy) is 2. The zero-order valence-corrected chi connectivity index (χ0v) is 14.5. The van der Waals surface area contributed by atoms with Crippen molar-refractivity contribution in [1.82, 2.24) is 19.1 Å². The predicted octanol–water partition coefficient (Wildman–Crippen LogP) is 4.11. The van der Waals surface area contributed by atoms with Crippen molar-refractivity contribution < 1.29 is 9.47 Å². The average molecular weight is 356 g/mol. The first-order chi connectivity index (χ1) is 13.3. The molecule has 2 aliphatic heterocycles. The van der Waals surface area contributed by atoms with Crippen LogP contribution in [0.2, 0.25) is 0 Å². The second kappa shape index (κ2) is 5.48. The molecule has 0 fully saturated rings. The fourth-order valence-corrected chi connectivity index (χ4v) is 3.83. The lowest BCUT2D eigenvalue weighted by molar-refractivity contribution is 0.229. The number of fused-ring (bicyclic) bond motifs is 6. The Balaban J connectivity index is 1.37. The minimum absolute atomic E-state index is 0.486. The van der Waals surface area contributed by atoms with Crippen molar-refractivity contribution >= 4 is 0 Å². The number of aryl methyl sites for hydroxylation is 2. The molecule has 132 valence electrons. The fourth-order valence-electron chi connectivity index (χ4n) is 3.83. The molecule has 0 saturated heterocycles. The van der Waals surface area contributed by atoms with Gasteiger partial charge >= 0.3 is 0 Å². The molecule has 0 aliphatic carbocycles. The van der Waals surface area contributed by atoms with Gasteiger partial charge in [0.2, 0.25) is 0 Å². The largest absolute Gasteiger partial charge is 0.472 e. The molecule has 4 aromatic rings. The van der Waals surface area contributed by atoms with Crippen LogP contribution >= 0.6 is 0 Å². The summed E-state index contributed by atoms with van der Waals surface area (Å²) in [6.07, 6.45) is 8.59. The third-order valence-electron chi connectivity index (χ3n) is 5.16. The summed E-state index contributed by atoms with van der Waals surface area (Å²) >= 11 is 0. The van der Waals surface area contributed by atoms with Crippen molar-refractivity contribution in [1.29, 1.82) is 0 Å². The van der Waals surface area contributed by atoms with E-state index in [0.29, 0.717) is 6.73 Å². The van der Waals surface area contributed by atoms with Crippen LogP contribution in [-0.4, -0.2) is 19.1 Å². The molecule has 6 nitrogen and oxygen atoms in total. The van der Waals surface area contributed by atoms with Gasteiger partial charge in [-0.05, 0) is 42.3 Å². The Labute approximate surface area is 155 Å². The van der Waals surface area contributed by atoms with Gasteiger partial charge in [-0.3, -0.25) is 4.57 Å². The molecule has 2 aromatic carbocycles. The average Bonchev–Trinajstić information content (AvgIpc) is 3.37. The van der Waals surface area contributed by atoms with Crippen LogP contribution in [0.5, 0.6) is 17.2 Å². The summed E-state index contributed by atoms with van der Waals surface area (Å²) in [5, 5.41) is 0. The summed E-state index contributed by atoms with van der Waals surface area (Å²) in [5.41, 5.74) is 3.39. The third kappa shape index (κ3) is 2.26. The van der Waals surface area contributed by atoms with Gasteiger partial charge in [0, 0.05) is 36.9 Å². The molecular weight excluding hydrogens is 340 g/mol. The predicted molar refractivity (Wildman–Crippen MR) is 99.7 cm³/mol. The van der Waals surface area contributed by atoms with E-state index in [0.717, 1.165) is 53.0 Å². The highest BCUT2D eigenvalue weighted by Gasteiger charge is 2.20. The third-order valence-corrected chi connectivity index (χ3v) is 5.16. The van der Waals surface area contributed by atoms with E-state index in [9.17, 15) is 0 Å². The van der Waals surface area contributed by atoms with Gasteiger partial charge in [-0.1, -0.05) is 6.07 Å². The van der Waals surface area contributed by atoms with Crippen molar-refractivity contribution in [3.8, 4) is 40.0 Å². The second-order valence-electron chi connectivity index (χ2n) is 6.77. The van der Waals surface area contributed by atoms with Gasteiger partial charge in [-0.25, -0.2) is 9.97 Å². The maximum atomic E-state index is 6.16. The van der Waals surface area contributed by atoms with Crippen LogP contribution in [0.3, 0.4) is 0 Å². The molecule has 0 atom stereocenters. The van der Waals surface area contributed by atoms with Crippen molar-refractivity contribution in [3.05, 3.63) is 66.7 Å². The van der Waals surface area contributed by atoms with Crippen LogP contribution in [0.15, 0.2) is 61.2 Å². The minimum atomic E-state index is 0.486. The SMILES string of the molecule is c1cn2c(n1)-c1cc(Oc3ccc4c(c3)-c3nccn3CO4)ccc1CC2. The van der Waals surface area contributed by atoms with Gasteiger partial charge in [0.1, 0.15) is 28.9 Å². The molecule has 0 bridgehead atoms. The Bertz CT molecular complexity index is 1080. The maximum Gasteiger partial charge on any atom is 0.166 e. The Morgan fingerprint density at radius 1 is 0.852 bits per heavy atom. The monoisotopic (exact) mass is 356 g/mol. The fraction of sp³-hybridized carbons (Fsp3) is 0.143. The van der Waals surface area contributed by atoms with Crippen LogP contribution in [0.4, 0.5) is 0 Å². The normalized spacial score (nSPS) is 13.8. The zero-order chi connectivity index (χ0) is 17.8. The first-order valence-electron chi connectivity index (χ1n) is 8.96. The first-order valence-corrected chi connectivity index (χ1v) is 8.96. The van der Waals surface area contributed by atoms with E-state index >= 15 is 0 Å². The Hall–Kier alpha value is -3.54. The summed E-state index contributed by atoms with van der Waals surface area (Å²) in [6.45, 7) is 1.46. The van der Waals surface area contributed by atoms with Gasteiger partial charge in [0.15, 0.2) is 6.73 Å². The van der Waals surface area contributed by atoms with Crippen LogP contribution in [0, 0.1) is 0 Å². The number of benzene rings is 2. The smallest absolute Gasteiger partial charge is 0.166 e. The molecule has 0 amide bonds. The molecule has 0 saturated carbocycles. The molecule has 2 aromatic heterocycles. The van der Waals surface area contributed by atoms with Crippen molar-refractivity contribution in [2.45, 2.75) is 19.7 Å². The highest BCUT2D eigenvalue weighted by atomic mass is 16.5. The molecule has 0 unspecified atom stereocenters. The number of rotatable bonds is 2. The van der Waals surface area contributed by atoms with Gasteiger partial charge < -0.3 is 14.0 Å². The molecule has 27 heavy (non-hydrogen) atoms. The van der Waals surface area contributed by atoms with E-state index in [2.05, 4.69) is 26.7 Å². The van der Waals surface area contributed by atoms with E-state index in [1.165, 1.54) is 5.56 Å². The van der Waals surface area contributed by atoms with Crippen LogP contribution < -0.4 is 9.47 Å². The number of nitrogens with zero attached hydrogens (tertiary/aromatic N) is 4. The summed E-state index contributed by atoms with van der Waals surface area (Å²) in [5.74, 6) is 4.28. The maximum absolute atomic E-state index is 6.16. The van der Waals surface area contributed by atoms with E-state index in [4.69, 9.17) is 9.47 Å². The van der Waals surface area contributed by atoms with E-state index in [1.807, 2.05) is 47.4 Å². The standard InChI is InChI=1S/C21H16N4O2/c1-2-15(11-17-14(1)5-8-24-9-6-22-20(17)24)27-16-3-4-19-18(12-16)21-23-7-10-25(21)13-26-19/h1-4,6-7,9-12H,5,8,13H2. The van der Waals surface area contributed by atoms with Gasteiger partial charge in [0.05, 0.1) is 5.56 Å². The lowest BCUT2D eigenvalue weighted by Crippen LogP contribution is -2.12. The molecule has 6 rings (SSSR count). The van der Waals surface area contributed by atoms with Crippen molar-refractivity contribution in [2.75, 3.05) is 0 Å². The van der Waals surface area contributed by atoms with Gasteiger partial charge in [0.25, 0.3) is 0 Å². The van der Waals surface area contributed by atoms with E-state index < -0.39 is 0 Å². The van der Waals surface area contributed by atoms with E-state index in [1.54, 1.807) is 6.20 Å². The van der Waals surface area contributed by atoms with Crippen LogP contribution in [0.25, 0.3) is 22.8 Å². The highest BCUT2D eigenvalue weighted by Crippen LogP contribution is 2.38. The number of aromatic nitrogens is 4. The highest BCUT2D eigenvalue weighted by molar-refractivity contribution is 5.68. The summed E-state index contributed by atoms with van der Waals surface area (Å²) in [4.78, 5) is 8.94. The van der Waals surface area contributed by atoms with Crippen LogP contribution in [0.1, 0.15) is 5.56 Å². The lowest BCUT2D eigenvalue weighted by Gasteiger charge is -2.20. The van der Waals surface area contributed by atoms with Crippen molar-refractivity contribution in [2.24, 2.45) is 0 Å². The molecule has 2 aliphatic rings. The van der Waals surface area contributed by atoms with Gasteiger partial charge in [-0.2, -0.15) is 0 Å². The molecule has 0 radical (unpaired) electrons. The van der Waals surface area contributed by atoms with Crippen molar-refractivity contribution in [3.63, 3.8) is 0 Å². The first kappa shape index (κ1) is 14.6. The Kier molecular flexibility index (Phi) is 2.96. The second-order valence-corrected chi connectivity index (χ2v) is 6.77. The quantitative estimate of drug-likeness (QED) is 0.542. The summed E-state index contributed by atoms with van der Waals surface area (Å²) in [7, 11) is 0. The molecular formula is C21H16N4O2. The number of imidazole rings is 2. The lowest BCUT2D eigenvalue weighted by atomic mass is 10.0.